The number of furan rings is 1. The lowest BCUT2D eigenvalue weighted by Crippen LogP contribution is -1.93. The first-order valence-corrected chi connectivity index (χ1v) is 4.41. The largest absolute Gasteiger partial charge is 0.462 e. The predicted octanol–water partition coefficient (Wildman–Crippen LogP) is 2.90. The van der Waals surface area contributed by atoms with Crippen molar-refractivity contribution in [1.29, 1.82) is 0 Å². The molecule has 2 heterocycles. The van der Waals surface area contributed by atoms with E-state index in [0.717, 1.165) is 0 Å². The summed E-state index contributed by atoms with van der Waals surface area (Å²) in [6, 6.07) is 5.88. The summed E-state index contributed by atoms with van der Waals surface area (Å²) in [4.78, 5) is 14.0. The van der Waals surface area contributed by atoms with Gasteiger partial charge in [-0.3, -0.25) is 10.1 Å². The third kappa shape index (κ3) is 1.82. The van der Waals surface area contributed by atoms with Crippen molar-refractivity contribution in [2.75, 3.05) is 0 Å². The van der Waals surface area contributed by atoms with Gasteiger partial charge in [-0.25, -0.2) is 4.98 Å². The van der Waals surface area contributed by atoms with Gasteiger partial charge in [0, 0.05) is 6.07 Å². The average Bonchev–Trinajstić information content (AvgIpc) is 2.69. The van der Waals surface area contributed by atoms with E-state index >= 15 is 0 Å². The Bertz CT molecular complexity index is 496. The van der Waals surface area contributed by atoms with Gasteiger partial charge in [-0.1, -0.05) is 11.6 Å². The molecule has 0 fully saturated rings. The molecular formula is C9H5ClN2O3. The van der Waals surface area contributed by atoms with Crippen molar-refractivity contribution in [3.05, 3.63) is 45.8 Å². The second-order valence-electron chi connectivity index (χ2n) is 2.74. The zero-order valence-corrected chi connectivity index (χ0v) is 8.14. The van der Waals surface area contributed by atoms with E-state index < -0.39 is 4.92 Å². The summed E-state index contributed by atoms with van der Waals surface area (Å²) in [7, 11) is 0. The van der Waals surface area contributed by atoms with Gasteiger partial charge in [0.25, 0.3) is 5.69 Å². The van der Waals surface area contributed by atoms with Crippen LogP contribution < -0.4 is 0 Å². The molecule has 76 valence electrons. The van der Waals surface area contributed by atoms with Gasteiger partial charge in [0.1, 0.15) is 5.15 Å². The highest BCUT2D eigenvalue weighted by Gasteiger charge is 2.19. The molecule has 6 heteroatoms. The summed E-state index contributed by atoms with van der Waals surface area (Å²) in [5.74, 6) is 0.323. The van der Waals surface area contributed by atoms with Crippen molar-refractivity contribution in [2.24, 2.45) is 0 Å². The molecule has 5 nitrogen and oxygen atoms in total. The Labute approximate surface area is 89.5 Å². The van der Waals surface area contributed by atoms with Crippen LogP contribution in [0.3, 0.4) is 0 Å². The Hall–Kier alpha value is -1.88. The van der Waals surface area contributed by atoms with E-state index in [9.17, 15) is 10.1 Å². The van der Waals surface area contributed by atoms with Gasteiger partial charge in [-0.05, 0) is 18.2 Å². The number of nitro groups is 1. The molecule has 2 aromatic rings. The van der Waals surface area contributed by atoms with Crippen LogP contribution in [0.15, 0.2) is 34.9 Å². The molecule has 0 N–H and O–H groups in total. The van der Waals surface area contributed by atoms with Crippen molar-refractivity contribution in [3.63, 3.8) is 0 Å². The van der Waals surface area contributed by atoms with E-state index in [1.807, 2.05) is 0 Å². The molecule has 0 saturated heterocycles. The van der Waals surface area contributed by atoms with Crippen LogP contribution in [0.2, 0.25) is 5.15 Å². The zero-order valence-electron chi connectivity index (χ0n) is 7.38. The molecule has 0 radical (unpaired) electrons. The monoisotopic (exact) mass is 224 g/mol. The van der Waals surface area contributed by atoms with Crippen LogP contribution in [0.4, 0.5) is 5.69 Å². The first kappa shape index (κ1) is 9.67. The quantitative estimate of drug-likeness (QED) is 0.447. The number of rotatable bonds is 2. The van der Waals surface area contributed by atoms with Crippen LogP contribution in [0, 0.1) is 10.1 Å². The smallest absolute Gasteiger partial charge is 0.298 e. The fourth-order valence-electron chi connectivity index (χ4n) is 1.17. The molecule has 0 aliphatic heterocycles. The lowest BCUT2D eigenvalue weighted by Gasteiger charge is -1.98. The van der Waals surface area contributed by atoms with Crippen LogP contribution >= 0.6 is 11.6 Å². The fraction of sp³-hybridized carbons (Fsp3) is 0. The SMILES string of the molecule is O=[N+]([O-])c1ccc(Cl)nc1-c1ccco1. The molecule has 15 heavy (non-hydrogen) atoms. The second-order valence-corrected chi connectivity index (χ2v) is 3.12. The number of pyridine rings is 1. The minimum atomic E-state index is -0.527. The predicted molar refractivity (Wildman–Crippen MR) is 53.6 cm³/mol. The molecule has 0 aliphatic rings. The average molecular weight is 225 g/mol. The Kier molecular flexibility index (Phi) is 2.39. The van der Waals surface area contributed by atoms with Crippen molar-refractivity contribution >= 4 is 17.3 Å². The zero-order chi connectivity index (χ0) is 10.8. The van der Waals surface area contributed by atoms with Crippen molar-refractivity contribution < 1.29 is 9.34 Å². The Morgan fingerprint density at radius 1 is 1.40 bits per heavy atom. The minimum absolute atomic E-state index is 0.130. The van der Waals surface area contributed by atoms with Gasteiger partial charge in [-0.2, -0.15) is 0 Å². The first-order valence-electron chi connectivity index (χ1n) is 4.03. The second kappa shape index (κ2) is 3.70. The van der Waals surface area contributed by atoms with Crippen LogP contribution in [-0.4, -0.2) is 9.91 Å². The topological polar surface area (TPSA) is 69.2 Å². The molecule has 0 atom stereocenters. The first-order chi connectivity index (χ1) is 7.18. The maximum atomic E-state index is 10.7. The van der Waals surface area contributed by atoms with Gasteiger partial charge < -0.3 is 4.42 Å². The van der Waals surface area contributed by atoms with E-state index in [1.54, 1.807) is 12.1 Å². The van der Waals surface area contributed by atoms with E-state index in [4.69, 9.17) is 16.0 Å². The van der Waals surface area contributed by atoms with E-state index in [0.29, 0.717) is 5.76 Å². The molecular weight excluding hydrogens is 220 g/mol. The van der Waals surface area contributed by atoms with Crippen LogP contribution in [0.25, 0.3) is 11.5 Å². The highest BCUT2D eigenvalue weighted by atomic mass is 35.5. The van der Waals surface area contributed by atoms with Gasteiger partial charge in [-0.15, -0.1) is 0 Å². The number of nitrogens with zero attached hydrogens (tertiary/aromatic N) is 2. The molecule has 2 rings (SSSR count). The molecule has 0 unspecified atom stereocenters. The maximum Gasteiger partial charge on any atom is 0.298 e. The van der Waals surface area contributed by atoms with Crippen LogP contribution in [0.5, 0.6) is 0 Å². The number of aromatic nitrogens is 1. The lowest BCUT2D eigenvalue weighted by molar-refractivity contribution is -0.384. The number of halogens is 1. The maximum absolute atomic E-state index is 10.7. The van der Waals surface area contributed by atoms with Crippen molar-refractivity contribution in [3.8, 4) is 11.5 Å². The molecule has 0 spiro atoms. The summed E-state index contributed by atoms with van der Waals surface area (Å²) >= 11 is 5.66. The summed E-state index contributed by atoms with van der Waals surface area (Å²) in [6.45, 7) is 0. The molecule has 0 aliphatic carbocycles. The van der Waals surface area contributed by atoms with E-state index in [-0.39, 0.29) is 16.5 Å². The molecule has 0 aromatic carbocycles. The molecule has 0 amide bonds. The standard InChI is InChI=1S/C9H5ClN2O3/c10-8-4-3-6(12(13)14)9(11-8)7-2-1-5-15-7/h1-5H. The minimum Gasteiger partial charge on any atom is -0.462 e. The lowest BCUT2D eigenvalue weighted by atomic mass is 10.2. The van der Waals surface area contributed by atoms with E-state index in [1.165, 1.54) is 18.4 Å². The molecule has 2 aromatic heterocycles. The number of hydrogen-bond donors (Lipinski definition) is 0. The third-order valence-electron chi connectivity index (χ3n) is 1.79. The van der Waals surface area contributed by atoms with Crippen molar-refractivity contribution in [1.82, 2.24) is 4.98 Å². The Morgan fingerprint density at radius 3 is 2.80 bits per heavy atom. The Morgan fingerprint density at radius 2 is 2.20 bits per heavy atom. The van der Waals surface area contributed by atoms with Gasteiger partial charge in [0.2, 0.25) is 0 Å². The van der Waals surface area contributed by atoms with Crippen LogP contribution in [0.1, 0.15) is 0 Å². The third-order valence-corrected chi connectivity index (χ3v) is 2.00. The number of hydrogen-bond acceptors (Lipinski definition) is 4. The molecule has 0 saturated carbocycles. The van der Waals surface area contributed by atoms with Crippen LogP contribution in [-0.2, 0) is 0 Å². The summed E-state index contributed by atoms with van der Waals surface area (Å²) in [5, 5.41) is 10.9. The fourth-order valence-corrected chi connectivity index (χ4v) is 1.32. The van der Waals surface area contributed by atoms with Gasteiger partial charge in [0.05, 0.1) is 11.2 Å². The van der Waals surface area contributed by atoms with E-state index in [2.05, 4.69) is 4.98 Å². The molecule has 0 bridgehead atoms. The van der Waals surface area contributed by atoms with Crippen molar-refractivity contribution in [2.45, 2.75) is 0 Å². The highest BCUT2D eigenvalue weighted by molar-refractivity contribution is 6.29. The van der Waals surface area contributed by atoms with Gasteiger partial charge in [0.15, 0.2) is 11.5 Å². The summed E-state index contributed by atoms with van der Waals surface area (Å²) < 4.78 is 5.04. The summed E-state index contributed by atoms with van der Waals surface area (Å²) in [6.07, 6.45) is 1.42. The Balaban J connectivity index is 2.63. The summed E-state index contributed by atoms with van der Waals surface area (Å²) in [5.41, 5.74) is 0.00634. The normalized spacial score (nSPS) is 10.2. The van der Waals surface area contributed by atoms with Gasteiger partial charge >= 0.3 is 0 Å². The highest BCUT2D eigenvalue weighted by Crippen LogP contribution is 2.29.